The van der Waals surface area contributed by atoms with Crippen molar-refractivity contribution < 1.29 is 19.1 Å². The summed E-state index contributed by atoms with van der Waals surface area (Å²) in [5.74, 6) is -0.762. The van der Waals surface area contributed by atoms with Gasteiger partial charge in [-0.25, -0.2) is 4.79 Å². The van der Waals surface area contributed by atoms with E-state index >= 15 is 0 Å². The summed E-state index contributed by atoms with van der Waals surface area (Å²) >= 11 is 6.11. The number of nitrogens with zero attached hydrogens (tertiary/aromatic N) is 1. The molecule has 0 radical (unpaired) electrons. The second-order valence-corrected chi connectivity index (χ2v) is 5.48. The van der Waals surface area contributed by atoms with Crippen molar-refractivity contribution in [3.8, 4) is 11.8 Å². The van der Waals surface area contributed by atoms with Gasteiger partial charge in [-0.3, -0.25) is 4.79 Å². The summed E-state index contributed by atoms with van der Waals surface area (Å²) in [4.78, 5) is 23.7. The highest BCUT2D eigenvalue weighted by Gasteiger charge is 2.15. The van der Waals surface area contributed by atoms with Crippen LogP contribution >= 0.6 is 11.6 Å². The topological polar surface area (TPSA) is 88.4 Å². The number of carbonyl (C=O) groups is 2. The van der Waals surface area contributed by atoms with E-state index < -0.39 is 11.9 Å². The monoisotopic (exact) mass is 358 g/mol. The van der Waals surface area contributed by atoms with Crippen molar-refractivity contribution in [2.24, 2.45) is 0 Å². The number of nitriles is 1. The van der Waals surface area contributed by atoms with E-state index in [1.165, 1.54) is 13.2 Å². The Bertz CT molecular complexity index is 859. The average Bonchev–Trinajstić information content (AvgIpc) is 2.61. The number of anilines is 1. The summed E-state index contributed by atoms with van der Waals surface area (Å²) in [6, 6.07) is 11.7. The Labute approximate surface area is 149 Å². The van der Waals surface area contributed by atoms with E-state index in [1.807, 2.05) is 13.0 Å². The Kier molecular flexibility index (Phi) is 5.98. The summed E-state index contributed by atoms with van der Waals surface area (Å²) in [5.41, 5.74) is 1.68. The third-order valence-corrected chi connectivity index (χ3v) is 3.70. The van der Waals surface area contributed by atoms with Crippen LogP contribution in [0.5, 0.6) is 5.75 Å². The van der Waals surface area contributed by atoms with Gasteiger partial charge in [0.2, 0.25) is 0 Å². The predicted octanol–water partition coefficient (Wildman–Crippen LogP) is 3.32. The molecule has 2 aromatic carbocycles. The SMILES string of the molecule is COC(=O)c1cccc(NC(=O)COc2ccc(C)cc2C#N)c1Cl. The van der Waals surface area contributed by atoms with Crippen LogP contribution < -0.4 is 10.1 Å². The molecule has 0 aliphatic carbocycles. The highest BCUT2D eigenvalue weighted by molar-refractivity contribution is 6.36. The molecule has 2 aromatic rings. The van der Waals surface area contributed by atoms with Gasteiger partial charge in [0.05, 0.1) is 28.9 Å². The quantitative estimate of drug-likeness (QED) is 0.828. The molecule has 0 fully saturated rings. The van der Waals surface area contributed by atoms with Gasteiger partial charge in [0.1, 0.15) is 11.8 Å². The average molecular weight is 359 g/mol. The molecule has 1 amide bonds. The van der Waals surface area contributed by atoms with Crippen LogP contribution in [-0.2, 0) is 9.53 Å². The molecule has 0 atom stereocenters. The van der Waals surface area contributed by atoms with E-state index in [1.54, 1.807) is 30.3 Å². The minimum absolute atomic E-state index is 0.0794. The van der Waals surface area contributed by atoms with Crippen molar-refractivity contribution in [1.29, 1.82) is 5.26 Å². The zero-order valence-electron chi connectivity index (χ0n) is 13.6. The van der Waals surface area contributed by atoms with Crippen molar-refractivity contribution in [2.75, 3.05) is 19.0 Å². The Balaban J connectivity index is 2.07. The van der Waals surface area contributed by atoms with Crippen LogP contribution in [0.1, 0.15) is 21.5 Å². The van der Waals surface area contributed by atoms with E-state index in [4.69, 9.17) is 21.6 Å². The Morgan fingerprint density at radius 2 is 2.04 bits per heavy atom. The standard InChI is InChI=1S/C18H15ClN2O4/c1-11-6-7-15(12(8-11)9-20)25-10-16(22)21-14-5-3-4-13(17(14)19)18(23)24-2/h3-8H,10H2,1-2H3,(H,21,22). The molecule has 0 unspecified atom stereocenters. The minimum Gasteiger partial charge on any atom is -0.482 e. The molecular weight excluding hydrogens is 344 g/mol. The van der Waals surface area contributed by atoms with Gasteiger partial charge in [-0.05, 0) is 36.8 Å². The number of hydrogen-bond acceptors (Lipinski definition) is 5. The fourth-order valence-electron chi connectivity index (χ4n) is 2.08. The maximum absolute atomic E-state index is 12.1. The van der Waals surface area contributed by atoms with E-state index in [2.05, 4.69) is 10.1 Å². The number of halogens is 1. The van der Waals surface area contributed by atoms with Crippen LogP contribution in [0.4, 0.5) is 5.69 Å². The molecule has 0 bridgehead atoms. The molecule has 0 saturated heterocycles. The summed E-state index contributed by atoms with van der Waals surface area (Å²) in [7, 11) is 1.24. The molecule has 0 aromatic heterocycles. The number of nitrogens with one attached hydrogen (secondary N) is 1. The largest absolute Gasteiger partial charge is 0.482 e. The maximum atomic E-state index is 12.1. The molecular formula is C18H15ClN2O4. The predicted molar refractivity (Wildman–Crippen MR) is 92.8 cm³/mol. The Morgan fingerprint density at radius 3 is 2.72 bits per heavy atom. The fraction of sp³-hybridized carbons (Fsp3) is 0.167. The van der Waals surface area contributed by atoms with E-state index in [0.717, 1.165) is 5.56 Å². The molecule has 25 heavy (non-hydrogen) atoms. The second kappa shape index (κ2) is 8.18. The van der Waals surface area contributed by atoms with E-state index in [-0.39, 0.29) is 22.9 Å². The smallest absolute Gasteiger partial charge is 0.339 e. The highest BCUT2D eigenvalue weighted by atomic mass is 35.5. The van der Waals surface area contributed by atoms with Crippen molar-refractivity contribution in [3.63, 3.8) is 0 Å². The van der Waals surface area contributed by atoms with Gasteiger partial charge >= 0.3 is 5.97 Å². The lowest BCUT2D eigenvalue weighted by Crippen LogP contribution is -2.21. The number of methoxy groups -OCH3 is 1. The zero-order chi connectivity index (χ0) is 18.4. The Morgan fingerprint density at radius 1 is 1.28 bits per heavy atom. The minimum atomic E-state index is -0.601. The van der Waals surface area contributed by atoms with Gasteiger partial charge in [0.15, 0.2) is 6.61 Å². The van der Waals surface area contributed by atoms with Gasteiger partial charge in [-0.2, -0.15) is 5.26 Å². The van der Waals surface area contributed by atoms with Gasteiger partial charge in [0, 0.05) is 0 Å². The van der Waals surface area contributed by atoms with Gasteiger partial charge in [0.25, 0.3) is 5.91 Å². The molecule has 0 saturated carbocycles. The van der Waals surface area contributed by atoms with Gasteiger partial charge in [-0.15, -0.1) is 0 Å². The summed E-state index contributed by atoms with van der Waals surface area (Å²) in [5, 5.41) is 11.7. The number of ether oxygens (including phenoxy) is 2. The lowest BCUT2D eigenvalue weighted by Gasteiger charge is -2.11. The summed E-state index contributed by atoms with van der Waals surface area (Å²) < 4.78 is 10.0. The Hall–Kier alpha value is -3.04. The number of rotatable bonds is 5. The molecule has 0 heterocycles. The molecule has 0 aliphatic rings. The molecule has 0 aliphatic heterocycles. The van der Waals surface area contributed by atoms with Crippen LogP contribution in [0.15, 0.2) is 36.4 Å². The van der Waals surface area contributed by atoms with Crippen molar-refractivity contribution in [2.45, 2.75) is 6.92 Å². The molecule has 1 N–H and O–H groups in total. The van der Waals surface area contributed by atoms with Crippen LogP contribution in [0.2, 0.25) is 5.02 Å². The molecule has 7 heteroatoms. The molecule has 128 valence electrons. The number of esters is 1. The first-order chi connectivity index (χ1) is 12.0. The van der Waals surface area contributed by atoms with Crippen LogP contribution in [0, 0.1) is 18.3 Å². The third kappa shape index (κ3) is 4.49. The fourth-order valence-corrected chi connectivity index (χ4v) is 2.33. The lowest BCUT2D eigenvalue weighted by atomic mass is 10.1. The number of carbonyl (C=O) groups excluding carboxylic acids is 2. The first kappa shape index (κ1) is 18.3. The number of aryl methyl sites for hydroxylation is 1. The normalized spacial score (nSPS) is 9.84. The highest BCUT2D eigenvalue weighted by Crippen LogP contribution is 2.26. The third-order valence-electron chi connectivity index (χ3n) is 3.29. The zero-order valence-corrected chi connectivity index (χ0v) is 14.4. The van der Waals surface area contributed by atoms with Crippen LogP contribution in [0.3, 0.4) is 0 Å². The van der Waals surface area contributed by atoms with Crippen LogP contribution in [0.25, 0.3) is 0 Å². The van der Waals surface area contributed by atoms with Crippen molar-refractivity contribution >= 4 is 29.2 Å². The maximum Gasteiger partial charge on any atom is 0.339 e. The number of hydrogen-bond donors (Lipinski definition) is 1. The van der Waals surface area contributed by atoms with Crippen LogP contribution in [-0.4, -0.2) is 25.6 Å². The lowest BCUT2D eigenvalue weighted by molar-refractivity contribution is -0.118. The molecule has 0 spiro atoms. The summed E-state index contributed by atoms with van der Waals surface area (Å²) in [6.45, 7) is 1.55. The van der Waals surface area contributed by atoms with E-state index in [9.17, 15) is 9.59 Å². The number of amides is 1. The van der Waals surface area contributed by atoms with Crippen molar-refractivity contribution in [3.05, 3.63) is 58.1 Å². The molecule has 2 rings (SSSR count). The summed E-state index contributed by atoms with van der Waals surface area (Å²) in [6.07, 6.45) is 0. The van der Waals surface area contributed by atoms with Gasteiger partial charge < -0.3 is 14.8 Å². The number of benzene rings is 2. The first-order valence-electron chi connectivity index (χ1n) is 7.26. The van der Waals surface area contributed by atoms with Gasteiger partial charge in [-0.1, -0.05) is 23.7 Å². The van der Waals surface area contributed by atoms with E-state index in [0.29, 0.717) is 11.3 Å². The van der Waals surface area contributed by atoms with Crippen molar-refractivity contribution in [1.82, 2.24) is 0 Å². The second-order valence-electron chi connectivity index (χ2n) is 5.11. The molecule has 6 nitrogen and oxygen atoms in total. The first-order valence-corrected chi connectivity index (χ1v) is 7.64.